The molecule has 1 aromatic carbocycles. The van der Waals surface area contributed by atoms with Crippen LogP contribution in [0.5, 0.6) is 0 Å². The fourth-order valence-corrected chi connectivity index (χ4v) is 5.05. The number of thiophene rings is 1. The first kappa shape index (κ1) is 19.0. The van der Waals surface area contributed by atoms with E-state index in [4.69, 9.17) is 4.74 Å². The molecule has 1 N–H and O–H groups in total. The lowest BCUT2D eigenvalue weighted by atomic mass is 9.72. The molecule has 2 aliphatic rings. The third kappa shape index (κ3) is 3.78. The summed E-state index contributed by atoms with van der Waals surface area (Å²) in [6.45, 7) is 7.82. The van der Waals surface area contributed by atoms with Gasteiger partial charge in [0.2, 0.25) is 0 Å². The molecule has 148 valence electrons. The lowest BCUT2D eigenvalue weighted by molar-refractivity contribution is 0.103. The number of hydrogen-bond acceptors (Lipinski definition) is 4. The van der Waals surface area contributed by atoms with E-state index in [9.17, 15) is 9.59 Å². The summed E-state index contributed by atoms with van der Waals surface area (Å²) in [7, 11) is 0. The van der Waals surface area contributed by atoms with Gasteiger partial charge < -0.3 is 10.1 Å². The number of benzene rings is 1. The molecule has 0 spiro atoms. The second kappa shape index (κ2) is 7.24. The number of rotatable bonds is 3. The summed E-state index contributed by atoms with van der Waals surface area (Å²) >= 11 is 1.61. The summed E-state index contributed by atoms with van der Waals surface area (Å²) in [6.07, 6.45) is 2.95. The summed E-state index contributed by atoms with van der Waals surface area (Å²) in [4.78, 5) is 28.2. The van der Waals surface area contributed by atoms with Gasteiger partial charge >= 0.3 is 6.09 Å². The van der Waals surface area contributed by atoms with Gasteiger partial charge in [0.1, 0.15) is 6.61 Å². The molecule has 1 aliphatic heterocycles. The lowest BCUT2D eigenvalue weighted by Gasteiger charge is -2.33. The van der Waals surface area contributed by atoms with E-state index in [2.05, 4.69) is 32.2 Å². The van der Waals surface area contributed by atoms with Gasteiger partial charge in [-0.3, -0.25) is 9.69 Å². The minimum atomic E-state index is -0.345. The van der Waals surface area contributed by atoms with Crippen molar-refractivity contribution in [1.82, 2.24) is 0 Å². The van der Waals surface area contributed by atoms with E-state index >= 15 is 0 Å². The van der Waals surface area contributed by atoms with Gasteiger partial charge in [0.05, 0.1) is 11.4 Å². The Kier molecular flexibility index (Phi) is 4.91. The van der Waals surface area contributed by atoms with Crippen LogP contribution in [-0.4, -0.2) is 25.2 Å². The molecule has 2 heterocycles. The molecule has 4 rings (SSSR count). The van der Waals surface area contributed by atoms with Crippen LogP contribution in [0.3, 0.4) is 0 Å². The zero-order valence-electron chi connectivity index (χ0n) is 16.6. The van der Waals surface area contributed by atoms with Gasteiger partial charge in [0, 0.05) is 16.3 Å². The quantitative estimate of drug-likeness (QED) is 0.782. The van der Waals surface area contributed by atoms with E-state index in [1.807, 2.05) is 24.3 Å². The van der Waals surface area contributed by atoms with Gasteiger partial charge in [-0.2, -0.15) is 0 Å². The Bertz CT molecular complexity index is 913. The zero-order chi connectivity index (χ0) is 19.9. The van der Waals surface area contributed by atoms with Crippen LogP contribution < -0.4 is 10.2 Å². The van der Waals surface area contributed by atoms with Crippen LogP contribution in [0.4, 0.5) is 16.2 Å². The van der Waals surface area contributed by atoms with Crippen molar-refractivity contribution in [1.29, 1.82) is 0 Å². The third-order valence-electron chi connectivity index (χ3n) is 5.71. The number of nitrogens with one attached hydrogen (secondary N) is 1. The summed E-state index contributed by atoms with van der Waals surface area (Å²) in [5, 5.41) is 2.98. The highest BCUT2D eigenvalue weighted by molar-refractivity contribution is 7.14. The molecule has 1 saturated heterocycles. The number of ether oxygens (including phenoxy) is 1. The largest absolute Gasteiger partial charge is 0.447 e. The molecule has 5 nitrogen and oxygen atoms in total. The van der Waals surface area contributed by atoms with Crippen LogP contribution in [0.15, 0.2) is 30.3 Å². The molecule has 28 heavy (non-hydrogen) atoms. The van der Waals surface area contributed by atoms with E-state index in [0.717, 1.165) is 23.4 Å². The minimum absolute atomic E-state index is 0.0899. The van der Waals surface area contributed by atoms with Gasteiger partial charge in [-0.1, -0.05) is 26.8 Å². The number of carbonyl (C=O) groups excluding carboxylic acids is 2. The first-order valence-corrected chi connectivity index (χ1v) is 10.6. The molecule has 1 aromatic heterocycles. The minimum Gasteiger partial charge on any atom is -0.447 e. The molecule has 0 radical (unpaired) electrons. The van der Waals surface area contributed by atoms with Gasteiger partial charge in [-0.15, -0.1) is 11.3 Å². The highest BCUT2D eigenvalue weighted by atomic mass is 32.1. The average Bonchev–Trinajstić information content (AvgIpc) is 3.26. The first-order chi connectivity index (χ1) is 13.3. The van der Waals surface area contributed by atoms with Crippen molar-refractivity contribution >= 4 is 34.7 Å². The van der Waals surface area contributed by atoms with Crippen molar-refractivity contribution < 1.29 is 14.3 Å². The summed E-state index contributed by atoms with van der Waals surface area (Å²) in [6, 6.07) is 9.40. The van der Waals surface area contributed by atoms with Gasteiger partial charge in [-0.25, -0.2) is 4.79 Å². The van der Waals surface area contributed by atoms with Gasteiger partial charge in [0.25, 0.3) is 5.91 Å². The SMILES string of the molecule is CC(C)(C)C1CCc2sc(C(=O)Nc3cccc(N4CCOC4=O)c3)cc2C1. The van der Waals surface area contributed by atoms with E-state index < -0.39 is 0 Å². The van der Waals surface area contributed by atoms with Crippen molar-refractivity contribution in [3.05, 3.63) is 45.6 Å². The molecule has 2 amide bonds. The van der Waals surface area contributed by atoms with Crippen LogP contribution in [0.2, 0.25) is 0 Å². The van der Waals surface area contributed by atoms with Crippen LogP contribution in [0.25, 0.3) is 0 Å². The first-order valence-electron chi connectivity index (χ1n) is 9.78. The molecule has 1 unspecified atom stereocenters. The molecule has 0 bridgehead atoms. The number of hydrogen-bond donors (Lipinski definition) is 1. The van der Waals surface area contributed by atoms with Crippen molar-refractivity contribution in [2.75, 3.05) is 23.4 Å². The molecule has 0 saturated carbocycles. The standard InChI is InChI=1S/C22H26N2O3S/c1-22(2,3)15-7-8-18-14(11-15)12-19(28-18)20(25)23-16-5-4-6-17(13-16)24-9-10-27-21(24)26/h4-6,12-13,15H,7-11H2,1-3H3,(H,23,25). The maximum Gasteiger partial charge on any atom is 0.414 e. The van der Waals surface area contributed by atoms with Crippen molar-refractivity contribution in [2.45, 2.75) is 40.0 Å². The monoisotopic (exact) mass is 398 g/mol. The number of cyclic esters (lactones) is 1. The second-order valence-electron chi connectivity index (χ2n) is 8.64. The van der Waals surface area contributed by atoms with Crippen LogP contribution in [0, 0.1) is 11.3 Å². The number of carbonyl (C=O) groups is 2. The highest BCUT2D eigenvalue weighted by Gasteiger charge is 2.30. The molecule has 6 heteroatoms. The molecule has 1 fully saturated rings. The van der Waals surface area contributed by atoms with Crippen molar-refractivity contribution in [2.24, 2.45) is 11.3 Å². The summed E-state index contributed by atoms with van der Waals surface area (Å²) < 4.78 is 4.99. The number of fused-ring (bicyclic) bond motifs is 1. The van der Waals surface area contributed by atoms with Gasteiger partial charge in [0.15, 0.2) is 0 Å². The van der Waals surface area contributed by atoms with Crippen LogP contribution in [0.1, 0.15) is 47.3 Å². The Morgan fingerprint density at radius 2 is 2.11 bits per heavy atom. The van der Waals surface area contributed by atoms with E-state index in [-0.39, 0.29) is 12.0 Å². The Morgan fingerprint density at radius 3 is 2.82 bits per heavy atom. The fourth-order valence-electron chi connectivity index (χ4n) is 3.95. The summed E-state index contributed by atoms with van der Waals surface area (Å²) in [5.41, 5.74) is 3.04. The number of aryl methyl sites for hydroxylation is 1. The Labute approximate surface area is 169 Å². The van der Waals surface area contributed by atoms with Crippen molar-refractivity contribution in [3.63, 3.8) is 0 Å². The molecule has 1 aliphatic carbocycles. The van der Waals surface area contributed by atoms with Crippen molar-refractivity contribution in [3.8, 4) is 0 Å². The number of anilines is 2. The maximum atomic E-state index is 12.8. The van der Waals surface area contributed by atoms with E-state index in [1.54, 1.807) is 16.2 Å². The second-order valence-corrected chi connectivity index (χ2v) is 9.77. The number of nitrogens with zero attached hydrogens (tertiary/aromatic N) is 1. The normalized spacial score (nSPS) is 19.3. The van der Waals surface area contributed by atoms with Crippen LogP contribution >= 0.6 is 11.3 Å². The Morgan fingerprint density at radius 1 is 1.29 bits per heavy atom. The van der Waals surface area contributed by atoms with E-state index in [1.165, 1.54) is 16.9 Å². The smallest absolute Gasteiger partial charge is 0.414 e. The zero-order valence-corrected chi connectivity index (χ0v) is 17.4. The summed E-state index contributed by atoms with van der Waals surface area (Å²) in [5.74, 6) is 0.565. The predicted octanol–water partition coefficient (Wildman–Crippen LogP) is 5.11. The fraction of sp³-hybridized carbons (Fsp3) is 0.455. The maximum absolute atomic E-state index is 12.8. The number of amides is 2. The highest BCUT2D eigenvalue weighted by Crippen LogP contribution is 2.40. The molecule has 2 aromatic rings. The third-order valence-corrected chi connectivity index (χ3v) is 6.94. The Balaban J connectivity index is 1.48. The lowest BCUT2D eigenvalue weighted by Crippen LogP contribution is -2.26. The molecular formula is C22H26N2O3S. The van der Waals surface area contributed by atoms with Gasteiger partial charge in [-0.05, 0) is 60.4 Å². The van der Waals surface area contributed by atoms with Crippen LogP contribution in [-0.2, 0) is 17.6 Å². The predicted molar refractivity (Wildman–Crippen MR) is 112 cm³/mol. The molecular weight excluding hydrogens is 372 g/mol. The average molecular weight is 399 g/mol. The topological polar surface area (TPSA) is 58.6 Å². The Hall–Kier alpha value is -2.34. The van der Waals surface area contributed by atoms with E-state index in [0.29, 0.717) is 30.2 Å². The molecule has 1 atom stereocenters.